The molecule has 146 valence electrons. The molecular weight excluding hydrogens is 418 g/mol. The topological polar surface area (TPSA) is 127 Å². The molecule has 11 heteroatoms. The molecule has 4 rings (SSSR count). The number of para-hydroxylation sites is 1. The highest BCUT2D eigenvalue weighted by molar-refractivity contribution is 7.99. The maximum absolute atomic E-state index is 12.1. The Hall–Kier alpha value is -3.37. The Kier molecular flexibility index (Phi) is 5.19. The van der Waals surface area contributed by atoms with Crippen LogP contribution in [0.2, 0.25) is 5.02 Å². The number of nitrogens with zero attached hydrogens (tertiary/aromatic N) is 3. The minimum absolute atomic E-state index is 0.00181. The number of aromatic amines is 1. The minimum Gasteiger partial charge on any atom is -0.411 e. The number of thioether (sulfide) groups is 1. The third kappa shape index (κ3) is 4.08. The molecule has 9 nitrogen and oxygen atoms in total. The number of fused-ring (bicyclic) bond motifs is 1. The molecule has 0 saturated heterocycles. The van der Waals surface area contributed by atoms with Crippen LogP contribution in [0.4, 0.5) is 11.4 Å². The number of rotatable bonds is 6. The number of H-pyrrole nitrogens is 1. The van der Waals surface area contributed by atoms with Crippen molar-refractivity contribution in [1.29, 1.82) is 0 Å². The molecule has 29 heavy (non-hydrogen) atoms. The van der Waals surface area contributed by atoms with E-state index in [9.17, 15) is 14.9 Å². The second-order valence-corrected chi connectivity index (χ2v) is 7.21. The lowest BCUT2D eigenvalue weighted by Crippen LogP contribution is -2.14. The first kappa shape index (κ1) is 19.0. The minimum atomic E-state index is -0.614. The van der Waals surface area contributed by atoms with Crippen molar-refractivity contribution in [2.75, 3.05) is 11.1 Å². The fourth-order valence-electron chi connectivity index (χ4n) is 2.68. The molecule has 0 fully saturated rings. The predicted molar refractivity (Wildman–Crippen MR) is 109 cm³/mol. The molecule has 0 atom stereocenters. The van der Waals surface area contributed by atoms with Crippen molar-refractivity contribution in [3.05, 3.63) is 63.8 Å². The normalized spacial score (nSPS) is 10.9. The van der Waals surface area contributed by atoms with E-state index in [1.54, 1.807) is 6.20 Å². The Morgan fingerprint density at radius 3 is 2.93 bits per heavy atom. The number of amides is 1. The van der Waals surface area contributed by atoms with Crippen LogP contribution in [-0.4, -0.2) is 31.8 Å². The standard InChI is InChI=1S/C18H12ClN5O4S/c19-13-6-5-10(7-15(13)24(26)27)21-16(25)9-29-18-23-22-17(28-18)12-8-20-14-4-2-1-3-11(12)14/h1-8,20H,9H2,(H,21,25). The number of hydrogen-bond acceptors (Lipinski definition) is 7. The number of halogens is 1. The molecular formula is C18H12ClN5O4S. The summed E-state index contributed by atoms with van der Waals surface area (Å²) in [5, 5.41) is 22.7. The molecule has 0 spiro atoms. The van der Waals surface area contributed by atoms with E-state index in [4.69, 9.17) is 16.0 Å². The first-order valence-corrected chi connectivity index (χ1v) is 9.64. The first-order chi connectivity index (χ1) is 14.0. The summed E-state index contributed by atoms with van der Waals surface area (Å²) in [6, 6.07) is 11.8. The highest BCUT2D eigenvalue weighted by Crippen LogP contribution is 2.30. The number of carbonyl (C=O) groups excluding carboxylic acids is 1. The summed E-state index contributed by atoms with van der Waals surface area (Å²) >= 11 is 6.82. The maximum Gasteiger partial charge on any atom is 0.289 e. The fourth-order valence-corrected chi connectivity index (χ4v) is 3.43. The van der Waals surface area contributed by atoms with Gasteiger partial charge in [-0.1, -0.05) is 41.6 Å². The molecule has 0 aliphatic rings. The zero-order valence-electron chi connectivity index (χ0n) is 14.6. The predicted octanol–water partition coefficient (Wildman–Crippen LogP) is 4.51. The van der Waals surface area contributed by atoms with Crippen molar-refractivity contribution in [2.45, 2.75) is 5.22 Å². The van der Waals surface area contributed by atoms with Gasteiger partial charge in [-0.2, -0.15) is 0 Å². The summed E-state index contributed by atoms with van der Waals surface area (Å²) < 4.78 is 5.64. The van der Waals surface area contributed by atoms with Gasteiger partial charge in [-0.25, -0.2) is 0 Å². The molecule has 0 bridgehead atoms. The zero-order chi connectivity index (χ0) is 20.4. The molecule has 0 aliphatic carbocycles. The molecule has 0 aliphatic heterocycles. The monoisotopic (exact) mass is 429 g/mol. The van der Waals surface area contributed by atoms with E-state index in [0.717, 1.165) is 28.2 Å². The lowest BCUT2D eigenvalue weighted by molar-refractivity contribution is -0.384. The number of anilines is 1. The SMILES string of the molecule is O=C(CSc1nnc(-c2c[nH]c3ccccc23)o1)Nc1ccc(Cl)c([N+](=O)[O-])c1. The van der Waals surface area contributed by atoms with Gasteiger partial charge >= 0.3 is 0 Å². The number of benzene rings is 2. The fraction of sp³-hybridized carbons (Fsp3) is 0.0556. The largest absolute Gasteiger partial charge is 0.411 e. The molecule has 0 saturated carbocycles. The molecule has 2 heterocycles. The zero-order valence-corrected chi connectivity index (χ0v) is 16.2. The van der Waals surface area contributed by atoms with Crippen LogP contribution in [0.25, 0.3) is 22.4 Å². The highest BCUT2D eigenvalue weighted by atomic mass is 35.5. The van der Waals surface area contributed by atoms with Crippen molar-refractivity contribution in [2.24, 2.45) is 0 Å². The van der Waals surface area contributed by atoms with Crippen LogP contribution in [0, 0.1) is 10.1 Å². The van der Waals surface area contributed by atoms with Gasteiger partial charge in [0.2, 0.25) is 5.91 Å². The van der Waals surface area contributed by atoms with Crippen LogP contribution < -0.4 is 5.32 Å². The van der Waals surface area contributed by atoms with Crippen LogP contribution in [0.5, 0.6) is 0 Å². The van der Waals surface area contributed by atoms with Gasteiger partial charge in [-0.15, -0.1) is 10.2 Å². The van der Waals surface area contributed by atoms with Gasteiger partial charge in [0.15, 0.2) is 0 Å². The van der Waals surface area contributed by atoms with Gasteiger partial charge in [-0.3, -0.25) is 14.9 Å². The third-order valence-corrected chi connectivity index (χ3v) is 5.12. The molecule has 1 amide bonds. The number of carbonyl (C=O) groups is 1. The van der Waals surface area contributed by atoms with Gasteiger partial charge in [0.05, 0.1) is 16.2 Å². The lowest BCUT2D eigenvalue weighted by atomic mass is 10.2. The summed E-state index contributed by atoms with van der Waals surface area (Å²) in [7, 11) is 0. The Morgan fingerprint density at radius 1 is 1.28 bits per heavy atom. The van der Waals surface area contributed by atoms with Crippen molar-refractivity contribution >= 4 is 51.5 Å². The Morgan fingerprint density at radius 2 is 2.10 bits per heavy atom. The van der Waals surface area contributed by atoms with Crippen molar-refractivity contribution in [3.63, 3.8) is 0 Å². The molecule has 0 radical (unpaired) electrons. The van der Waals surface area contributed by atoms with Gasteiger partial charge in [0.1, 0.15) is 5.02 Å². The van der Waals surface area contributed by atoms with Crippen LogP contribution in [0.3, 0.4) is 0 Å². The number of nitro benzene ring substituents is 1. The molecule has 0 unspecified atom stereocenters. The van der Waals surface area contributed by atoms with Crippen LogP contribution >= 0.6 is 23.4 Å². The van der Waals surface area contributed by atoms with Crippen LogP contribution in [0.1, 0.15) is 0 Å². The van der Waals surface area contributed by atoms with Gasteiger partial charge in [0, 0.05) is 28.9 Å². The molecule has 2 aromatic heterocycles. The molecule has 2 N–H and O–H groups in total. The van der Waals surface area contributed by atoms with E-state index in [2.05, 4.69) is 20.5 Å². The Labute approximate surface area is 172 Å². The smallest absolute Gasteiger partial charge is 0.289 e. The number of nitro groups is 1. The van der Waals surface area contributed by atoms with E-state index in [1.165, 1.54) is 18.2 Å². The number of aromatic nitrogens is 3. The van der Waals surface area contributed by atoms with Gasteiger partial charge in [0.25, 0.3) is 16.8 Å². The van der Waals surface area contributed by atoms with Crippen molar-refractivity contribution in [3.8, 4) is 11.5 Å². The van der Waals surface area contributed by atoms with E-state index >= 15 is 0 Å². The summed E-state index contributed by atoms with van der Waals surface area (Å²) in [6.45, 7) is 0. The average molecular weight is 430 g/mol. The summed E-state index contributed by atoms with van der Waals surface area (Å²) in [6.07, 6.45) is 1.78. The summed E-state index contributed by atoms with van der Waals surface area (Å²) in [5.74, 6) is -0.0384. The Balaban J connectivity index is 1.40. The summed E-state index contributed by atoms with van der Waals surface area (Å²) in [4.78, 5) is 25.6. The van der Waals surface area contributed by atoms with E-state index in [1.807, 2.05) is 24.3 Å². The Bertz CT molecular complexity index is 1220. The number of hydrogen-bond donors (Lipinski definition) is 2. The second kappa shape index (κ2) is 7.94. The van der Waals surface area contributed by atoms with E-state index < -0.39 is 4.92 Å². The van der Waals surface area contributed by atoms with Gasteiger partial charge < -0.3 is 14.7 Å². The van der Waals surface area contributed by atoms with Crippen molar-refractivity contribution in [1.82, 2.24) is 15.2 Å². The second-order valence-electron chi connectivity index (χ2n) is 5.88. The highest BCUT2D eigenvalue weighted by Gasteiger charge is 2.16. The van der Waals surface area contributed by atoms with Crippen LogP contribution in [0.15, 0.2) is 58.3 Å². The average Bonchev–Trinajstić information content (AvgIpc) is 3.34. The van der Waals surface area contributed by atoms with Crippen molar-refractivity contribution < 1.29 is 14.1 Å². The molecule has 2 aromatic carbocycles. The number of nitrogens with one attached hydrogen (secondary N) is 2. The van der Waals surface area contributed by atoms with Gasteiger partial charge in [-0.05, 0) is 18.2 Å². The summed E-state index contributed by atoms with van der Waals surface area (Å²) in [5.41, 5.74) is 1.72. The van der Waals surface area contributed by atoms with E-state index in [0.29, 0.717) is 5.89 Å². The molecule has 4 aromatic rings. The first-order valence-electron chi connectivity index (χ1n) is 8.28. The van der Waals surface area contributed by atoms with E-state index in [-0.39, 0.29) is 33.3 Å². The van der Waals surface area contributed by atoms with Crippen LogP contribution in [-0.2, 0) is 4.79 Å². The maximum atomic E-state index is 12.1. The lowest BCUT2D eigenvalue weighted by Gasteiger charge is -2.04. The quantitative estimate of drug-likeness (QED) is 0.262. The third-order valence-electron chi connectivity index (χ3n) is 3.98.